The number of ether oxygens (including phenoxy) is 3. The highest BCUT2D eigenvalue weighted by Crippen LogP contribution is 2.26. The first-order valence-electron chi connectivity index (χ1n) is 6.47. The Kier molecular flexibility index (Phi) is 7.46. The molecule has 0 fully saturated rings. The lowest BCUT2D eigenvalue weighted by Gasteiger charge is -2.11. The van der Waals surface area contributed by atoms with Crippen molar-refractivity contribution in [1.82, 2.24) is 0 Å². The highest BCUT2D eigenvalue weighted by Gasteiger charge is 2.07. The minimum Gasteiger partial charge on any atom is -0.495 e. The van der Waals surface area contributed by atoms with Crippen molar-refractivity contribution >= 4 is 17.3 Å². The Hall–Kier alpha value is -1.79. The first kappa shape index (κ1) is 16.3. The average Bonchev–Trinajstić information content (AvgIpc) is 2.43. The lowest BCUT2D eigenvalue weighted by molar-refractivity contribution is -0.117. The predicted molar refractivity (Wildman–Crippen MR) is 78.0 cm³/mol. The van der Waals surface area contributed by atoms with E-state index in [9.17, 15) is 4.79 Å². The molecule has 3 N–H and O–H groups in total. The Bertz CT molecular complexity index is 424. The molecule has 0 unspecified atom stereocenters. The number of amides is 1. The van der Waals surface area contributed by atoms with Crippen molar-refractivity contribution in [2.75, 3.05) is 45.1 Å². The summed E-state index contributed by atoms with van der Waals surface area (Å²) in [7, 11) is 3.19. The van der Waals surface area contributed by atoms with Gasteiger partial charge in [0.15, 0.2) is 0 Å². The van der Waals surface area contributed by atoms with Crippen molar-refractivity contribution in [2.45, 2.75) is 12.8 Å². The molecule has 0 atom stereocenters. The van der Waals surface area contributed by atoms with Gasteiger partial charge in [0.05, 0.1) is 25.8 Å². The smallest absolute Gasteiger partial charge is 0.226 e. The standard InChI is InChI=1S/C14H22N2O4/c1-18-7-3-8-20-9-6-14(17)16-12-10-11(15)4-5-13(12)19-2/h4-5,10H,3,6-9,15H2,1-2H3,(H,16,17). The van der Waals surface area contributed by atoms with Gasteiger partial charge in [0.1, 0.15) is 5.75 Å². The Balaban J connectivity index is 2.33. The second-order valence-corrected chi connectivity index (χ2v) is 4.22. The van der Waals surface area contributed by atoms with Crippen LogP contribution in [0.4, 0.5) is 11.4 Å². The number of benzene rings is 1. The molecule has 6 nitrogen and oxygen atoms in total. The number of hydrogen-bond acceptors (Lipinski definition) is 5. The molecular formula is C14H22N2O4. The summed E-state index contributed by atoms with van der Waals surface area (Å²) in [5.74, 6) is 0.439. The minimum absolute atomic E-state index is 0.138. The van der Waals surface area contributed by atoms with Gasteiger partial charge < -0.3 is 25.3 Å². The molecule has 1 amide bonds. The fraction of sp³-hybridized carbons (Fsp3) is 0.500. The van der Waals surface area contributed by atoms with Crippen LogP contribution < -0.4 is 15.8 Å². The molecular weight excluding hydrogens is 260 g/mol. The molecule has 1 rings (SSSR count). The van der Waals surface area contributed by atoms with Gasteiger partial charge in [-0.3, -0.25) is 4.79 Å². The van der Waals surface area contributed by atoms with Crippen molar-refractivity contribution in [3.05, 3.63) is 18.2 Å². The van der Waals surface area contributed by atoms with Crippen LogP contribution in [0.15, 0.2) is 18.2 Å². The van der Waals surface area contributed by atoms with Crippen molar-refractivity contribution in [3.8, 4) is 5.75 Å². The monoisotopic (exact) mass is 282 g/mol. The molecule has 0 aliphatic rings. The van der Waals surface area contributed by atoms with Gasteiger partial charge in [0, 0.05) is 26.0 Å². The second-order valence-electron chi connectivity index (χ2n) is 4.22. The van der Waals surface area contributed by atoms with Crippen LogP contribution in [0.1, 0.15) is 12.8 Å². The van der Waals surface area contributed by atoms with Gasteiger partial charge in [-0.25, -0.2) is 0 Å². The molecule has 0 aliphatic carbocycles. The van der Waals surface area contributed by atoms with Crippen molar-refractivity contribution in [1.29, 1.82) is 0 Å². The number of carbonyl (C=O) groups is 1. The van der Waals surface area contributed by atoms with E-state index in [1.807, 2.05) is 0 Å². The van der Waals surface area contributed by atoms with Crippen LogP contribution in [0.5, 0.6) is 5.75 Å². The van der Waals surface area contributed by atoms with Crippen LogP contribution in [0, 0.1) is 0 Å². The number of rotatable bonds is 9. The van der Waals surface area contributed by atoms with E-state index in [-0.39, 0.29) is 12.3 Å². The molecule has 1 aromatic rings. The molecule has 0 aliphatic heterocycles. The lowest BCUT2D eigenvalue weighted by Crippen LogP contribution is -2.15. The Morgan fingerprint density at radius 3 is 2.75 bits per heavy atom. The second kappa shape index (κ2) is 9.17. The zero-order chi connectivity index (χ0) is 14.8. The SMILES string of the molecule is COCCCOCCC(=O)Nc1cc(N)ccc1OC. The number of anilines is 2. The van der Waals surface area contributed by atoms with E-state index in [4.69, 9.17) is 19.9 Å². The number of carbonyl (C=O) groups excluding carboxylic acids is 1. The zero-order valence-corrected chi connectivity index (χ0v) is 12.0. The minimum atomic E-state index is -0.138. The van der Waals surface area contributed by atoms with E-state index in [0.29, 0.717) is 36.9 Å². The molecule has 20 heavy (non-hydrogen) atoms. The molecule has 0 aromatic heterocycles. The van der Waals surface area contributed by atoms with Crippen LogP contribution in [-0.4, -0.2) is 39.9 Å². The van der Waals surface area contributed by atoms with Crippen LogP contribution in [0.25, 0.3) is 0 Å². The summed E-state index contributed by atoms with van der Waals surface area (Å²) in [6.45, 7) is 1.62. The number of methoxy groups -OCH3 is 2. The first-order chi connectivity index (χ1) is 9.67. The van der Waals surface area contributed by atoms with Crippen LogP contribution in [-0.2, 0) is 14.3 Å². The van der Waals surface area contributed by atoms with E-state index in [2.05, 4.69) is 5.32 Å². The summed E-state index contributed by atoms with van der Waals surface area (Å²) < 4.78 is 15.4. The summed E-state index contributed by atoms with van der Waals surface area (Å²) in [5.41, 5.74) is 6.82. The molecule has 0 saturated carbocycles. The van der Waals surface area contributed by atoms with Crippen LogP contribution in [0.3, 0.4) is 0 Å². The van der Waals surface area contributed by atoms with Gasteiger partial charge in [-0.2, -0.15) is 0 Å². The molecule has 112 valence electrons. The highest BCUT2D eigenvalue weighted by molar-refractivity contribution is 5.92. The molecule has 0 heterocycles. The average molecular weight is 282 g/mol. The number of nitrogens with two attached hydrogens (primary N) is 1. The molecule has 0 radical (unpaired) electrons. The topological polar surface area (TPSA) is 82.8 Å². The maximum atomic E-state index is 11.8. The van der Waals surface area contributed by atoms with Crippen molar-refractivity contribution < 1.29 is 19.0 Å². The van der Waals surface area contributed by atoms with E-state index < -0.39 is 0 Å². The quantitative estimate of drug-likeness (QED) is 0.531. The third-order valence-electron chi connectivity index (χ3n) is 2.61. The third kappa shape index (κ3) is 5.90. The molecule has 1 aromatic carbocycles. The van der Waals surface area contributed by atoms with E-state index in [1.165, 1.54) is 0 Å². The van der Waals surface area contributed by atoms with Crippen molar-refractivity contribution in [3.63, 3.8) is 0 Å². The van der Waals surface area contributed by atoms with E-state index >= 15 is 0 Å². The van der Waals surface area contributed by atoms with Crippen molar-refractivity contribution in [2.24, 2.45) is 0 Å². The lowest BCUT2D eigenvalue weighted by atomic mass is 10.2. The first-order valence-corrected chi connectivity index (χ1v) is 6.47. The Morgan fingerprint density at radius 1 is 1.25 bits per heavy atom. The Morgan fingerprint density at radius 2 is 2.05 bits per heavy atom. The molecule has 0 saturated heterocycles. The number of hydrogen-bond donors (Lipinski definition) is 2. The summed E-state index contributed by atoms with van der Waals surface area (Å²) in [4.78, 5) is 11.8. The summed E-state index contributed by atoms with van der Waals surface area (Å²) >= 11 is 0. The Labute approximate surface area is 119 Å². The maximum absolute atomic E-state index is 11.8. The number of nitrogens with one attached hydrogen (secondary N) is 1. The van der Waals surface area contributed by atoms with Gasteiger partial charge in [-0.1, -0.05) is 0 Å². The van der Waals surface area contributed by atoms with Crippen LogP contribution in [0.2, 0.25) is 0 Å². The van der Waals surface area contributed by atoms with Gasteiger partial charge in [0.25, 0.3) is 0 Å². The van der Waals surface area contributed by atoms with E-state index in [1.54, 1.807) is 32.4 Å². The largest absolute Gasteiger partial charge is 0.495 e. The fourth-order valence-electron chi connectivity index (χ4n) is 1.61. The van der Waals surface area contributed by atoms with Crippen LogP contribution >= 0.6 is 0 Å². The summed E-state index contributed by atoms with van der Waals surface area (Å²) in [5, 5.41) is 2.76. The number of nitrogen functional groups attached to an aromatic ring is 1. The predicted octanol–water partition coefficient (Wildman–Crippen LogP) is 1.66. The molecule has 0 spiro atoms. The van der Waals surface area contributed by atoms with Gasteiger partial charge in [-0.15, -0.1) is 0 Å². The van der Waals surface area contributed by atoms with Gasteiger partial charge >= 0.3 is 0 Å². The summed E-state index contributed by atoms with van der Waals surface area (Å²) in [6, 6.07) is 5.09. The zero-order valence-electron chi connectivity index (χ0n) is 12.0. The molecule has 0 bridgehead atoms. The summed E-state index contributed by atoms with van der Waals surface area (Å²) in [6.07, 6.45) is 1.10. The molecule has 6 heteroatoms. The van der Waals surface area contributed by atoms with Gasteiger partial charge in [0.2, 0.25) is 5.91 Å². The highest BCUT2D eigenvalue weighted by atomic mass is 16.5. The normalized spacial score (nSPS) is 10.3. The fourth-order valence-corrected chi connectivity index (χ4v) is 1.61. The van der Waals surface area contributed by atoms with E-state index in [0.717, 1.165) is 6.42 Å². The maximum Gasteiger partial charge on any atom is 0.226 e. The van der Waals surface area contributed by atoms with Gasteiger partial charge in [-0.05, 0) is 24.6 Å². The third-order valence-corrected chi connectivity index (χ3v) is 2.61.